The molecule has 1 aliphatic rings. The highest BCUT2D eigenvalue weighted by molar-refractivity contribution is 6.76. The molecule has 1 amide bonds. The highest BCUT2D eigenvalue weighted by Crippen LogP contribution is 2.38. The van der Waals surface area contributed by atoms with Crippen LogP contribution < -0.4 is 9.47 Å². The molecule has 0 radical (unpaired) electrons. The van der Waals surface area contributed by atoms with Crippen molar-refractivity contribution >= 4 is 27.8 Å². The summed E-state index contributed by atoms with van der Waals surface area (Å²) in [6.07, 6.45) is 4.33. The van der Waals surface area contributed by atoms with Gasteiger partial charge in [0.15, 0.2) is 25.1 Å². The molecule has 0 atom stereocenters. The molecular weight excluding hydrogens is 527 g/mol. The van der Waals surface area contributed by atoms with E-state index in [1.807, 2.05) is 32.0 Å². The fraction of sp³-hybridized carbons (Fsp3) is 0.700. The van der Waals surface area contributed by atoms with E-state index in [1.54, 1.807) is 4.90 Å². The van der Waals surface area contributed by atoms with Crippen LogP contribution in [0.1, 0.15) is 45.6 Å². The first kappa shape index (κ1) is 33.4. The zero-order valence-corrected chi connectivity index (χ0v) is 28.0. The van der Waals surface area contributed by atoms with Crippen LogP contribution in [0.3, 0.4) is 0 Å². The second-order valence-corrected chi connectivity index (χ2v) is 24.6. The molecule has 1 aromatic carbocycles. The van der Waals surface area contributed by atoms with E-state index in [0.717, 1.165) is 36.1 Å². The second-order valence-electron chi connectivity index (χ2n) is 13.4. The van der Waals surface area contributed by atoms with Crippen molar-refractivity contribution in [2.75, 3.05) is 39.9 Å². The molecule has 0 aliphatic carbocycles. The summed E-state index contributed by atoms with van der Waals surface area (Å²) in [7, 11) is -2.34. The molecule has 1 heterocycles. The van der Waals surface area contributed by atoms with Crippen LogP contribution in [-0.2, 0) is 14.2 Å². The molecule has 0 spiro atoms. The zero-order valence-electron chi connectivity index (χ0n) is 26.0. The Morgan fingerprint density at radius 2 is 1.56 bits per heavy atom. The quantitative estimate of drug-likeness (QED) is 0.113. The minimum atomic E-state index is -1.18. The largest absolute Gasteiger partial charge is 0.464 e. The Balaban J connectivity index is 2.11. The third-order valence-electron chi connectivity index (χ3n) is 6.59. The lowest BCUT2D eigenvalue weighted by Gasteiger charge is -2.31. The Morgan fingerprint density at radius 1 is 0.949 bits per heavy atom. The molecule has 1 aromatic rings. The van der Waals surface area contributed by atoms with Gasteiger partial charge in [0, 0.05) is 48.0 Å². The Morgan fingerprint density at radius 3 is 2.10 bits per heavy atom. The lowest BCUT2D eigenvalue weighted by Crippen LogP contribution is -2.40. The van der Waals surface area contributed by atoms with Crippen LogP contribution in [0.2, 0.25) is 51.4 Å². The molecule has 7 nitrogen and oxygen atoms in total. The van der Waals surface area contributed by atoms with E-state index in [1.165, 1.54) is 0 Å². The molecular formula is C30H53NO6Si2. The van der Waals surface area contributed by atoms with Gasteiger partial charge < -0.3 is 28.6 Å². The maximum Gasteiger partial charge on any atom is 0.410 e. The fourth-order valence-electron chi connectivity index (χ4n) is 4.15. The van der Waals surface area contributed by atoms with Crippen molar-refractivity contribution in [1.29, 1.82) is 0 Å². The van der Waals surface area contributed by atoms with Crippen LogP contribution in [0.5, 0.6) is 11.5 Å². The number of amides is 1. The average Bonchev–Trinajstić information content (AvgIpc) is 2.82. The molecule has 0 bridgehead atoms. The number of para-hydroxylation sites is 1. The normalized spacial score (nSPS) is 14.7. The first-order chi connectivity index (χ1) is 18.2. The molecule has 0 saturated heterocycles. The zero-order chi connectivity index (χ0) is 29.1. The minimum Gasteiger partial charge on any atom is -0.464 e. The van der Waals surface area contributed by atoms with Gasteiger partial charge in [-0.1, -0.05) is 70.8 Å². The summed E-state index contributed by atoms with van der Waals surface area (Å²) in [6, 6.07) is 8.09. The minimum absolute atomic E-state index is 0.159. The van der Waals surface area contributed by atoms with Crippen molar-refractivity contribution in [3.05, 3.63) is 29.8 Å². The lowest BCUT2D eigenvalue weighted by molar-refractivity contribution is 0.00552. The van der Waals surface area contributed by atoms with Gasteiger partial charge in [-0.2, -0.15) is 0 Å². The van der Waals surface area contributed by atoms with Crippen LogP contribution in [0.15, 0.2) is 24.3 Å². The average molecular weight is 580 g/mol. The van der Waals surface area contributed by atoms with E-state index in [-0.39, 0.29) is 19.7 Å². The summed E-state index contributed by atoms with van der Waals surface area (Å²) in [5.41, 5.74) is 1.62. The molecule has 0 saturated carbocycles. The van der Waals surface area contributed by atoms with Gasteiger partial charge in [0.25, 0.3) is 0 Å². The van der Waals surface area contributed by atoms with Gasteiger partial charge in [0.1, 0.15) is 5.60 Å². The van der Waals surface area contributed by atoms with E-state index < -0.39 is 21.7 Å². The number of ether oxygens (including phenoxy) is 5. The summed E-state index contributed by atoms with van der Waals surface area (Å²) in [5, 5.41) is 0. The third kappa shape index (κ3) is 12.9. The molecule has 0 aromatic heterocycles. The summed E-state index contributed by atoms with van der Waals surface area (Å²) < 4.78 is 29.6. The van der Waals surface area contributed by atoms with Gasteiger partial charge in [0.2, 0.25) is 0 Å². The SMILES string of the molecule is CCCC(C)(C)OC(=O)N1CC=C(c2cccc(OCOCC[Si](C)(C)C)c2OCOCC[Si](C)(C)C)CC1. The van der Waals surface area contributed by atoms with E-state index in [0.29, 0.717) is 44.2 Å². The van der Waals surface area contributed by atoms with Crippen LogP contribution >= 0.6 is 0 Å². The topological polar surface area (TPSA) is 66.5 Å². The summed E-state index contributed by atoms with van der Waals surface area (Å²) in [5.74, 6) is 1.30. The molecule has 0 N–H and O–H groups in total. The molecule has 222 valence electrons. The van der Waals surface area contributed by atoms with Crippen LogP contribution in [0.4, 0.5) is 4.79 Å². The Bertz CT molecular complexity index is 936. The first-order valence-electron chi connectivity index (χ1n) is 14.4. The highest BCUT2D eigenvalue weighted by Gasteiger charge is 2.27. The highest BCUT2D eigenvalue weighted by atomic mass is 28.3. The molecule has 9 heteroatoms. The van der Waals surface area contributed by atoms with Crippen molar-refractivity contribution in [2.24, 2.45) is 0 Å². The fourth-order valence-corrected chi connectivity index (χ4v) is 5.66. The van der Waals surface area contributed by atoms with Crippen LogP contribution in [-0.4, -0.2) is 72.6 Å². The lowest BCUT2D eigenvalue weighted by atomic mass is 9.98. The number of benzene rings is 1. The standard InChI is InChI=1S/C30H53NO6Si2/c1-10-16-30(2,3)37-29(32)31-17-14-25(15-18-31)26-12-11-13-27(35-23-33-19-21-38(4,5)6)28(26)36-24-34-20-22-39(7,8)9/h11-14H,10,15-24H2,1-9H3. The summed E-state index contributed by atoms with van der Waals surface area (Å²) in [4.78, 5) is 14.5. The Kier molecular flexibility index (Phi) is 13.1. The van der Waals surface area contributed by atoms with E-state index in [2.05, 4.69) is 52.3 Å². The summed E-state index contributed by atoms with van der Waals surface area (Å²) >= 11 is 0. The van der Waals surface area contributed by atoms with Gasteiger partial charge in [-0.3, -0.25) is 0 Å². The number of carbonyl (C=O) groups is 1. The van der Waals surface area contributed by atoms with Crippen molar-refractivity contribution in [3.63, 3.8) is 0 Å². The monoisotopic (exact) mass is 579 g/mol. The second kappa shape index (κ2) is 15.3. The van der Waals surface area contributed by atoms with Gasteiger partial charge in [0.05, 0.1) is 0 Å². The van der Waals surface area contributed by atoms with Crippen molar-refractivity contribution in [1.82, 2.24) is 4.90 Å². The van der Waals surface area contributed by atoms with Crippen molar-refractivity contribution in [3.8, 4) is 11.5 Å². The van der Waals surface area contributed by atoms with E-state index in [4.69, 9.17) is 23.7 Å². The number of hydrogen-bond donors (Lipinski definition) is 0. The molecule has 0 fully saturated rings. The number of carbonyl (C=O) groups excluding carboxylic acids is 1. The van der Waals surface area contributed by atoms with Crippen molar-refractivity contribution < 1.29 is 28.5 Å². The molecule has 0 unspecified atom stereocenters. The predicted molar refractivity (Wildman–Crippen MR) is 165 cm³/mol. The smallest absolute Gasteiger partial charge is 0.410 e. The van der Waals surface area contributed by atoms with Gasteiger partial charge in [-0.25, -0.2) is 4.79 Å². The molecule has 39 heavy (non-hydrogen) atoms. The maximum absolute atomic E-state index is 12.8. The van der Waals surface area contributed by atoms with Crippen molar-refractivity contribution in [2.45, 2.75) is 97.0 Å². The maximum atomic E-state index is 12.8. The number of nitrogens with zero attached hydrogens (tertiary/aromatic N) is 1. The molecule has 1 aliphatic heterocycles. The Hall–Kier alpha value is -1.82. The first-order valence-corrected chi connectivity index (χ1v) is 21.8. The van der Waals surface area contributed by atoms with Gasteiger partial charge >= 0.3 is 6.09 Å². The van der Waals surface area contributed by atoms with Gasteiger partial charge in [-0.15, -0.1) is 0 Å². The van der Waals surface area contributed by atoms with Crippen LogP contribution in [0, 0.1) is 0 Å². The predicted octanol–water partition coefficient (Wildman–Crippen LogP) is 7.87. The van der Waals surface area contributed by atoms with E-state index >= 15 is 0 Å². The molecule has 2 rings (SSSR count). The van der Waals surface area contributed by atoms with Gasteiger partial charge in [-0.05, 0) is 50.4 Å². The third-order valence-corrected chi connectivity index (χ3v) is 9.99. The van der Waals surface area contributed by atoms with Crippen LogP contribution in [0.25, 0.3) is 5.57 Å². The Labute approximate surface area is 239 Å². The number of hydrogen-bond acceptors (Lipinski definition) is 6. The van der Waals surface area contributed by atoms with E-state index in [9.17, 15) is 4.79 Å². The summed E-state index contributed by atoms with van der Waals surface area (Å²) in [6.45, 7) is 22.8. The number of rotatable bonds is 16.